The van der Waals surface area contributed by atoms with Crippen LogP contribution in [0.5, 0.6) is 0 Å². The molecule has 0 aliphatic rings. The maximum Gasteiger partial charge on any atom is 0.265 e. The van der Waals surface area contributed by atoms with Crippen LogP contribution in [-0.2, 0) is 15.0 Å². The molecular weight excluding hydrogens is 288 g/mol. The van der Waals surface area contributed by atoms with E-state index in [-0.39, 0.29) is 17.9 Å². The lowest BCUT2D eigenvalue weighted by Gasteiger charge is -2.22. The van der Waals surface area contributed by atoms with Gasteiger partial charge in [0.05, 0.1) is 6.21 Å². The molecule has 23 heavy (non-hydrogen) atoms. The van der Waals surface area contributed by atoms with Gasteiger partial charge in [-0.1, -0.05) is 74.5 Å². The molecule has 0 aliphatic carbocycles. The maximum atomic E-state index is 12.0. The highest BCUT2D eigenvalue weighted by Crippen LogP contribution is 2.29. The third-order valence-corrected chi connectivity index (χ3v) is 3.28. The minimum Gasteiger partial charge on any atom is -0.386 e. The number of benzene rings is 2. The van der Waals surface area contributed by atoms with E-state index in [2.05, 4.69) is 31.2 Å². The van der Waals surface area contributed by atoms with Crippen molar-refractivity contribution in [2.75, 3.05) is 11.9 Å². The second-order valence-corrected chi connectivity index (χ2v) is 6.26. The number of hydrogen-bond acceptors (Lipinski definition) is 3. The van der Waals surface area contributed by atoms with Crippen LogP contribution in [0.2, 0.25) is 0 Å². The van der Waals surface area contributed by atoms with Crippen molar-refractivity contribution < 1.29 is 9.63 Å². The molecule has 4 nitrogen and oxygen atoms in total. The predicted molar refractivity (Wildman–Crippen MR) is 93.8 cm³/mol. The zero-order valence-corrected chi connectivity index (χ0v) is 13.7. The third kappa shape index (κ3) is 5.25. The Morgan fingerprint density at radius 3 is 2.43 bits per heavy atom. The van der Waals surface area contributed by atoms with Gasteiger partial charge in [-0.2, -0.15) is 0 Å². The number of carbonyl (C=O) groups is 1. The molecule has 0 saturated heterocycles. The van der Waals surface area contributed by atoms with Crippen molar-refractivity contribution in [3.8, 4) is 0 Å². The highest BCUT2D eigenvalue weighted by Gasteiger charge is 2.18. The Hall–Kier alpha value is -2.62. The first-order valence-corrected chi connectivity index (χ1v) is 7.56. The average Bonchev–Trinajstić information content (AvgIpc) is 2.52. The van der Waals surface area contributed by atoms with E-state index in [1.807, 2.05) is 54.6 Å². The van der Waals surface area contributed by atoms with Gasteiger partial charge in [-0.15, -0.1) is 0 Å². The minimum atomic E-state index is -0.230. The highest BCUT2D eigenvalue weighted by molar-refractivity contribution is 5.92. The van der Waals surface area contributed by atoms with Crippen molar-refractivity contribution in [1.82, 2.24) is 0 Å². The molecule has 0 spiro atoms. The predicted octanol–water partition coefficient (Wildman–Crippen LogP) is 3.97. The maximum absolute atomic E-state index is 12.0. The molecule has 4 heteroatoms. The largest absolute Gasteiger partial charge is 0.386 e. The van der Waals surface area contributed by atoms with E-state index in [1.165, 1.54) is 0 Å². The van der Waals surface area contributed by atoms with Crippen molar-refractivity contribution >= 4 is 17.8 Å². The van der Waals surface area contributed by atoms with Crippen LogP contribution in [0.25, 0.3) is 0 Å². The molecular formula is C19H22N2O2. The SMILES string of the molecule is CC(C)(C)c1ccccc1NC(=O)CO/N=C/c1ccccc1. The zero-order chi connectivity index (χ0) is 16.7. The molecule has 0 fully saturated rings. The Morgan fingerprint density at radius 2 is 1.74 bits per heavy atom. The molecule has 120 valence electrons. The van der Waals surface area contributed by atoms with Crippen molar-refractivity contribution in [3.63, 3.8) is 0 Å². The first-order valence-electron chi connectivity index (χ1n) is 7.56. The van der Waals surface area contributed by atoms with E-state index < -0.39 is 0 Å². The minimum absolute atomic E-state index is 0.0454. The molecule has 0 saturated carbocycles. The van der Waals surface area contributed by atoms with Crippen LogP contribution >= 0.6 is 0 Å². The number of para-hydroxylation sites is 1. The molecule has 1 N–H and O–H groups in total. The lowest BCUT2D eigenvalue weighted by atomic mass is 9.86. The van der Waals surface area contributed by atoms with Crippen molar-refractivity contribution in [3.05, 3.63) is 65.7 Å². The molecule has 2 rings (SSSR count). The Morgan fingerprint density at radius 1 is 1.09 bits per heavy atom. The van der Waals surface area contributed by atoms with Crippen molar-refractivity contribution in [2.24, 2.45) is 5.16 Å². The summed E-state index contributed by atoms with van der Waals surface area (Å²) in [6, 6.07) is 17.4. The first kappa shape index (κ1) is 16.7. The summed E-state index contributed by atoms with van der Waals surface area (Å²) in [5, 5.41) is 6.69. The number of rotatable bonds is 5. The van der Waals surface area contributed by atoms with E-state index in [1.54, 1.807) is 6.21 Å². The normalized spacial score (nSPS) is 11.4. The monoisotopic (exact) mass is 310 g/mol. The summed E-state index contributed by atoms with van der Waals surface area (Å²) >= 11 is 0. The number of oxime groups is 1. The molecule has 0 radical (unpaired) electrons. The highest BCUT2D eigenvalue weighted by atomic mass is 16.6. The molecule has 0 aliphatic heterocycles. The fraction of sp³-hybridized carbons (Fsp3) is 0.263. The fourth-order valence-corrected chi connectivity index (χ4v) is 2.17. The van der Waals surface area contributed by atoms with Crippen LogP contribution in [0.1, 0.15) is 31.9 Å². The van der Waals surface area contributed by atoms with Gasteiger partial charge in [0.15, 0.2) is 6.61 Å². The van der Waals surface area contributed by atoms with Gasteiger partial charge in [0.1, 0.15) is 0 Å². The standard InChI is InChI=1S/C19H22N2O2/c1-19(2,3)16-11-7-8-12-17(16)21-18(22)14-23-20-13-15-9-5-4-6-10-15/h4-13H,14H2,1-3H3,(H,21,22)/b20-13+. The van der Waals surface area contributed by atoms with Gasteiger partial charge in [0, 0.05) is 5.69 Å². The topological polar surface area (TPSA) is 50.7 Å². The van der Waals surface area contributed by atoms with E-state index >= 15 is 0 Å². The number of nitrogens with one attached hydrogen (secondary N) is 1. The van der Waals surface area contributed by atoms with Crippen molar-refractivity contribution in [1.29, 1.82) is 0 Å². The van der Waals surface area contributed by atoms with Crippen LogP contribution < -0.4 is 5.32 Å². The lowest BCUT2D eigenvalue weighted by Crippen LogP contribution is -2.21. The number of anilines is 1. The molecule has 0 bridgehead atoms. The molecule has 0 aromatic heterocycles. The van der Waals surface area contributed by atoms with Gasteiger partial charge in [-0.3, -0.25) is 4.79 Å². The molecule has 2 aromatic carbocycles. The second kappa shape index (κ2) is 7.58. The number of hydrogen-bond donors (Lipinski definition) is 1. The average molecular weight is 310 g/mol. The number of amides is 1. The lowest BCUT2D eigenvalue weighted by molar-refractivity contribution is -0.120. The summed E-state index contributed by atoms with van der Waals surface area (Å²) in [5.74, 6) is -0.230. The summed E-state index contributed by atoms with van der Waals surface area (Å²) in [6.07, 6.45) is 1.58. The van der Waals surface area contributed by atoms with Crippen LogP contribution in [0, 0.1) is 0 Å². The summed E-state index contributed by atoms with van der Waals surface area (Å²) in [5.41, 5.74) is 2.77. The van der Waals surface area contributed by atoms with Crippen LogP contribution in [0.15, 0.2) is 59.8 Å². The molecule has 0 atom stereocenters. The summed E-state index contributed by atoms with van der Waals surface area (Å²) < 4.78 is 0. The Kier molecular flexibility index (Phi) is 5.52. The van der Waals surface area contributed by atoms with Gasteiger partial charge in [-0.05, 0) is 22.6 Å². The van der Waals surface area contributed by atoms with E-state index in [0.717, 1.165) is 16.8 Å². The first-order chi connectivity index (χ1) is 11.0. The molecule has 0 heterocycles. The van der Waals surface area contributed by atoms with Crippen LogP contribution in [-0.4, -0.2) is 18.7 Å². The van der Waals surface area contributed by atoms with E-state index in [0.29, 0.717) is 0 Å². The summed E-state index contributed by atoms with van der Waals surface area (Å²) in [7, 11) is 0. The van der Waals surface area contributed by atoms with Gasteiger partial charge in [0.25, 0.3) is 5.91 Å². The molecule has 0 unspecified atom stereocenters. The van der Waals surface area contributed by atoms with E-state index in [9.17, 15) is 4.79 Å². The smallest absolute Gasteiger partial charge is 0.265 e. The third-order valence-electron chi connectivity index (χ3n) is 3.28. The van der Waals surface area contributed by atoms with Crippen molar-refractivity contribution in [2.45, 2.75) is 26.2 Å². The number of nitrogens with zero attached hydrogens (tertiary/aromatic N) is 1. The summed E-state index contributed by atoms with van der Waals surface area (Å²) in [4.78, 5) is 17.0. The zero-order valence-electron chi connectivity index (χ0n) is 13.7. The Balaban J connectivity index is 1.90. The molecule has 1 amide bonds. The van der Waals surface area contributed by atoms with Gasteiger partial charge < -0.3 is 10.2 Å². The molecule has 2 aromatic rings. The fourth-order valence-electron chi connectivity index (χ4n) is 2.17. The van der Waals surface area contributed by atoms with Crippen LogP contribution in [0.4, 0.5) is 5.69 Å². The Bertz CT molecular complexity index is 673. The van der Waals surface area contributed by atoms with Crippen LogP contribution in [0.3, 0.4) is 0 Å². The van der Waals surface area contributed by atoms with Gasteiger partial charge in [0.2, 0.25) is 0 Å². The van der Waals surface area contributed by atoms with Gasteiger partial charge >= 0.3 is 0 Å². The Labute approximate surface area is 137 Å². The van der Waals surface area contributed by atoms with Gasteiger partial charge in [-0.25, -0.2) is 0 Å². The number of carbonyl (C=O) groups excluding carboxylic acids is 1. The quantitative estimate of drug-likeness (QED) is 0.671. The summed E-state index contributed by atoms with van der Waals surface area (Å²) in [6.45, 7) is 6.21. The second-order valence-electron chi connectivity index (χ2n) is 6.26. The van der Waals surface area contributed by atoms with E-state index in [4.69, 9.17) is 4.84 Å².